The van der Waals surface area contributed by atoms with E-state index in [1.807, 2.05) is 36.1 Å². The molecule has 182 valence electrons. The number of hydrogen-bond donors (Lipinski definition) is 1. The van der Waals surface area contributed by atoms with Crippen molar-refractivity contribution in [3.05, 3.63) is 107 Å². The minimum atomic E-state index is -0.233. The van der Waals surface area contributed by atoms with Crippen molar-refractivity contribution < 1.29 is 4.79 Å². The van der Waals surface area contributed by atoms with Gasteiger partial charge in [0.05, 0.1) is 22.6 Å². The smallest absolute Gasteiger partial charge is 0.254 e. The second-order valence-electron chi connectivity index (χ2n) is 9.83. The molecule has 1 aromatic heterocycles. The number of anilines is 1. The van der Waals surface area contributed by atoms with Gasteiger partial charge in [-0.15, -0.1) is 0 Å². The van der Waals surface area contributed by atoms with E-state index in [9.17, 15) is 4.79 Å². The number of carbonyl (C=O) groups is 1. The fourth-order valence-corrected chi connectivity index (χ4v) is 5.52. The Bertz CT molecular complexity index is 1450. The minimum Gasteiger partial charge on any atom is -0.336 e. The highest BCUT2D eigenvalue weighted by Crippen LogP contribution is 2.40. The summed E-state index contributed by atoms with van der Waals surface area (Å²) in [5.41, 5.74) is 7.22. The normalized spacial score (nSPS) is 18.3. The van der Waals surface area contributed by atoms with E-state index in [-0.39, 0.29) is 11.9 Å². The first kappa shape index (κ1) is 22.6. The Kier molecular flexibility index (Phi) is 5.82. The second-order valence-corrected chi connectivity index (χ2v) is 9.83. The Morgan fingerprint density at radius 2 is 1.67 bits per heavy atom. The van der Waals surface area contributed by atoms with Crippen LogP contribution >= 0.6 is 0 Å². The number of amides is 1. The number of hydrogen-bond acceptors (Lipinski definition) is 4. The summed E-state index contributed by atoms with van der Waals surface area (Å²) >= 11 is 0. The zero-order valence-corrected chi connectivity index (χ0v) is 20.8. The van der Waals surface area contributed by atoms with Crippen LogP contribution in [-0.4, -0.2) is 51.4 Å². The second kappa shape index (κ2) is 9.28. The van der Waals surface area contributed by atoms with Gasteiger partial charge in [0, 0.05) is 38.4 Å². The van der Waals surface area contributed by atoms with Crippen molar-refractivity contribution in [2.45, 2.75) is 26.4 Å². The van der Waals surface area contributed by atoms with Crippen LogP contribution in [0.2, 0.25) is 0 Å². The van der Waals surface area contributed by atoms with Crippen LogP contribution in [0.4, 0.5) is 5.95 Å². The van der Waals surface area contributed by atoms with E-state index in [0.717, 1.165) is 66.5 Å². The summed E-state index contributed by atoms with van der Waals surface area (Å²) in [6.07, 6.45) is 0. The molecule has 6 nitrogen and oxygen atoms in total. The van der Waals surface area contributed by atoms with Crippen LogP contribution in [0.5, 0.6) is 0 Å². The fourth-order valence-electron chi connectivity index (χ4n) is 5.52. The molecule has 1 fully saturated rings. The van der Waals surface area contributed by atoms with Crippen molar-refractivity contribution in [2.75, 3.05) is 31.5 Å². The lowest BCUT2D eigenvalue weighted by atomic mass is 9.92. The first-order valence-electron chi connectivity index (χ1n) is 12.7. The summed E-state index contributed by atoms with van der Waals surface area (Å²) in [4.78, 5) is 23.4. The van der Waals surface area contributed by atoms with Gasteiger partial charge in [-0.2, -0.15) is 0 Å². The van der Waals surface area contributed by atoms with Crippen molar-refractivity contribution in [3.8, 4) is 0 Å². The number of allylic oxidation sites excluding steroid dienone is 1. The number of para-hydroxylation sites is 2. The molecule has 1 saturated heterocycles. The SMILES string of the molecule is CC1=C(C(=O)N2CCN(Cc3ccccc3)CC2)[C@H](c2cccc(C)c2)n2c(nc3ccccc32)N1. The van der Waals surface area contributed by atoms with Gasteiger partial charge in [-0.1, -0.05) is 72.3 Å². The third-order valence-electron chi connectivity index (χ3n) is 7.33. The molecular formula is C30H31N5O. The van der Waals surface area contributed by atoms with Gasteiger partial charge in [-0.3, -0.25) is 14.3 Å². The number of aryl methyl sites for hydroxylation is 1. The molecule has 0 unspecified atom stereocenters. The average molecular weight is 478 g/mol. The maximum Gasteiger partial charge on any atom is 0.254 e. The number of rotatable bonds is 4. The summed E-state index contributed by atoms with van der Waals surface area (Å²) in [5.74, 6) is 0.888. The number of carbonyl (C=O) groups excluding carboxylic acids is 1. The number of fused-ring (bicyclic) bond motifs is 3. The minimum absolute atomic E-state index is 0.106. The van der Waals surface area contributed by atoms with E-state index >= 15 is 0 Å². The van der Waals surface area contributed by atoms with Crippen LogP contribution in [0.3, 0.4) is 0 Å². The van der Waals surface area contributed by atoms with Gasteiger partial charge < -0.3 is 10.2 Å². The molecule has 36 heavy (non-hydrogen) atoms. The third kappa shape index (κ3) is 4.07. The Morgan fingerprint density at radius 3 is 2.44 bits per heavy atom. The van der Waals surface area contributed by atoms with E-state index < -0.39 is 0 Å². The van der Waals surface area contributed by atoms with E-state index in [1.165, 1.54) is 11.1 Å². The molecule has 3 aromatic carbocycles. The molecule has 0 spiro atoms. The molecule has 0 radical (unpaired) electrons. The third-order valence-corrected chi connectivity index (χ3v) is 7.33. The van der Waals surface area contributed by atoms with Crippen LogP contribution in [0, 0.1) is 6.92 Å². The molecule has 0 saturated carbocycles. The number of aromatic nitrogens is 2. The number of piperazine rings is 1. The molecule has 0 aliphatic carbocycles. The predicted molar refractivity (Wildman–Crippen MR) is 144 cm³/mol. The lowest BCUT2D eigenvalue weighted by Gasteiger charge is -2.38. The molecule has 1 N–H and O–H groups in total. The lowest BCUT2D eigenvalue weighted by molar-refractivity contribution is -0.129. The van der Waals surface area contributed by atoms with Crippen LogP contribution in [0.25, 0.3) is 11.0 Å². The number of nitrogens with one attached hydrogen (secondary N) is 1. The molecule has 6 heteroatoms. The van der Waals surface area contributed by atoms with E-state index in [1.54, 1.807) is 0 Å². The Hall–Kier alpha value is -3.90. The topological polar surface area (TPSA) is 53.4 Å². The Morgan fingerprint density at radius 1 is 0.917 bits per heavy atom. The molecule has 2 aliphatic rings. The highest BCUT2D eigenvalue weighted by atomic mass is 16.2. The molecule has 3 heterocycles. The van der Waals surface area contributed by atoms with Crippen LogP contribution in [0.15, 0.2) is 90.1 Å². The van der Waals surface area contributed by atoms with E-state index in [4.69, 9.17) is 4.98 Å². The maximum absolute atomic E-state index is 14.1. The standard InChI is InChI=1S/C30H31N5O/c1-21-9-8-12-24(19-21)28-27(22(2)31-30-32-25-13-6-7-14-26(25)35(28)30)29(36)34-17-15-33(16-18-34)20-23-10-4-3-5-11-23/h3-14,19,28H,15-18,20H2,1-2H3,(H,31,32)/t28-/m0/s1. The van der Waals surface area contributed by atoms with Gasteiger partial charge in [0.1, 0.15) is 0 Å². The Balaban J connectivity index is 1.32. The van der Waals surface area contributed by atoms with Crippen LogP contribution in [-0.2, 0) is 11.3 Å². The zero-order valence-electron chi connectivity index (χ0n) is 20.8. The molecule has 0 bridgehead atoms. The first-order chi connectivity index (χ1) is 17.6. The molecule has 1 atom stereocenters. The first-order valence-corrected chi connectivity index (χ1v) is 12.7. The monoisotopic (exact) mass is 477 g/mol. The maximum atomic E-state index is 14.1. The largest absolute Gasteiger partial charge is 0.336 e. The summed E-state index contributed by atoms with van der Waals surface area (Å²) in [7, 11) is 0. The summed E-state index contributed by atoms with van der Waals surface area (Å²) < 4.78 is 2.19. The van der Waals surface area contributed by atoms with Gasteiger partial charge in [0.2, 0.25) is 5.95 Å². The summed E-state index contributed by atoms with van der Waals surface area (Å²) in [5, 5.41) is 3.45. The average Bonchev–Trinajstić information content (AvgIpc) is 3.26. The fraction of sp³-hybridized carbons (Fsp3) is 0.267. The number of benzene rings is 3. The van der Waals surface area contributed by atoms with Crippen LogP contribution in [0.1, 0.15) is 29.7 Å². The molecule has 4 aromatic rings. The highest BCUT2D eigenvalue weighted by molar-refractivity contribution is 5.98. The lowest BCUT2D eigenvalue weighted by Crippen LogP contribution is -2.49. The Labute approximate surface area is 211 Å². The van der Waals surface area contributed by atoms with Crippen molar-refractivity contribution in [3.63, 3.8) is 0 Å². The van der Waals surface area contributed by atoms with Gasteiger partial charge in [0.25, 0.3) is 5.91 Å². The van der Waals surface area contributed by atoms with Gasteiger partial charge in [0.15, 0.2) is 0 Å². The molecular weight excluding hydrogens is 446 g/mol. The van der Waals surface area contributed by atoms with Crippen molar-refractivity contribution >= 4 is 22.9 Å². The van der Waals surface area contributed by atoms with Crippen molar-refractivity contribution in [2.24, 2.45) is 0 Å². The molecule has 1 amide bonds. The zero-order chi connectivity index (χ0) is 24.6. The van der Waals surface area contributed by atoms with Crippen molar-refractivity contribution in [1.29, 1.82) is 0 Å². The number of imidazole rings is 1. The molecule has 2 aliphatic heterocycles. The number of nitrogens with zero attached hydrogens (tertiary/aromatic N) is 4. The van der Waals surface area contributed by atoms with Gasteiger partial charge >= 0.3 is 0 Å². The van der Waals surface area contributed by atoms with Gasteiger partial charge in [-0.05, 0) is 37.1 Å². The quantitative estimate of drug-likeness (QED) is 0.451. The van der Waals surface area contributed by atoms with Crippen molar-refractivity contribution in [1.82, 2.24) is 19.4 Å². The predicted octanol–water partition coefficient (Wildman–Crippen LogP) is 4.98. The summed E-state index contributed by atoms with van der Waals surface area (Å²) in [6, 6.07) is 26.9. The van der Waals surface area contributed by atoms with Crippen LogP contribution < -0.4 is 5.32 Å². The molecule has 6 rings (SSSR count). The van der Waals surface area contributed by atoms with E-state index in [0.29, 0.717) is 0 Å². The van der Waals surface area contributed by atoms with E-state index in [2.05, 4.69) is 76.3 Å². The summed E-state index contributed by atoms with van der Waals surface area (Å²) in [6.45, 7) is 8.21. The van der Waals surface area contributed by atoms with Gasteiger partial charge in [-0.25, -0.2) is 4.98 Å². The highest BCUT2D eigenvalue weighted by Gasteiger charge is 2.36.